The summed E-state index contributed by atoms with van der Waals surface area (Å²) in [4.78, 5) is 22.3. The van der Waals surface area contributed by atoms with E-state index in [1.807, 2.05) is 0 Å². The molecule has 2 N–H and O–H groups in total. The summed E-state index contributed by atoms with van der Waals surface area (Å²) >= 11 is 3.16. The van der Waals surface area contributed by atoms with E-state index >= 15 is 0 Å². The smallest absolute Gasteiger partial charge is 0.283 e. The van der Waals surface area contributed by atoms with Gasteiger partial charge in [0.1, 0.15) is 5.56 Å². The van der Waals surface area contributed by atoms with Crippen LogP contribution in [-0.4, -0.2) is 30.0 Å². The molecule has 1 amide bonds. The Morgan fingerprint density at radius 1 is 1.53 bits per heavy atom. The van der Waals surface area contributed by atoms with Crippen LogP contribution in [0.3, 0.4) is 0 Å². The van der Waals surface area contributed by atoms with Crippen LogP contribution in [0.2, 0.25) is 0 Å². The molecule has 6 nitrogen and oxygen atoms in total. The highest BCUT2D eigenvalue weighted by atomic mass is 79.9. The molecule has 1 aliphatic heterocycles. The van der Waals surface area contributed by atoms with Crippen molar-refractivity contribution < 1.29 is 9.72 Å². The number of nitrogens with zero attached hydrogens (tertiary/aromatic N) is 1. The van der Waals surface area contributed by atoms with Gasteiger partial charge in [0.15, 0.2) is 0 Å². The second-order valence-corrected chi connectivity index (χ2v) is 5.00. The Bertz CT molecular complexity index is 492. The van der Waals surface area contributed by atoms with Crippen LogP contribution in [0.1, 0.15) is 16.8 Å². The first-order valence-electron chi connectivity index (χ1n) is 5.53. The van der Waals surface area contributed by atoms with E-state index in [1.165, 1.54) is 12.1 Å². The number of rotatable bonds is 3. The summed E-state index contributed by atoms with van der Waals surface area (Å²) in [6, 6.07) is 4.46. The second kappa shape index (κ2) is 6.83. The van der Waals surface area contributed by atoms with E-state index in [4.69, 9.17) is 0 Å². The highest BCUT2D eigenvalue weighted by Crippen LogP contribution is 2.23. The minimum absolute atomic E-state index is 0. The van der Waals surface area contributed by atoms with Gasteiger partial charge in [-0.15, -0.1) is 12.4 Å². The molecule has 0 spiro atoms. The fourth-order valence-corrected chi connectivity index (χ4v) is 2.24. The van der Waals surface area contributed by atoms with E-state index in [0.29, 0.717) is 11.0 Å². The summed E-state index contributed by atoms with van der Waals surface area (Å²) in [7, 11) is 0. The Labute approximate surface area is 124 Å². The van der Waals surface area contributed by atoms with E-state index in [-0.39, 0.29) is 29.7 Å². The van der Waals surface area contributed by atoms with Crippen molar-refractivity contribution in [1.82, 2.24) is 10.6 Å². The molecule has 1 saturated heterocycles. The van der Waals surface area contributed by atoms with Crippen LogP contribution in [0.5, 0.6) is 0 Å². The molecule has 1 aromatic carbocycles. The molecular formula is C11H13BrClN3O3. The molecule has 0 aliphatic carbocycles. The normalized spacial score (nSPS) is 17.6. The summed E-state index contributed by atoms with van der Waals surface area (Å²) in [5, 5.41) is 16.8. The number of nitro benzene ring substituents is 1. The van der Waals surface area contributed by atoms with Crippen molar-refractivity contribution in [2.75, 3.05) is 13.1 Å². The van der Waals surface area contributed by atoms with Gasteiger partial charge in [0.25, 0.3) is 11.6 Å². The lowest BCUT2D eigenvalue weighted by Gasteiger charge is -2.11. The van der Waals surface area contributed by atoms with Gasteiger partial charge in [-0.1, -0.05) is 15.9 Å². The van der Waals surface area contributed by atoms with Crippen LogP contribution in [-0.2, 0) is 0 Å². The van der Waals surface area contributed by atoms with Gasteiger partial charge in [0.2, 0.25) is 0 Å². The molecule has 0 radical (unpaired) electrons. The number of benzene rings is 1. The van der Waals surface area contributed by atoms with Crippen LogP contribution < -0.4 is 10.6 Å². The zero-order chi connectivity index (χ0) is 13.1. The topological polar surface area (TPSA) is 84.3 Å². The van der Waals surface area contributed by atoms with Gasteiger partial charge in [-0.25, -0.2) is 0 Å². The highest BCUT2D eigenvalue weighted by Gasteiger charge is 2.23. The molecule has 1 heterocycles. The Morgan fingerprint density at radius 3 is 2.84 bits per heavy atom. The monoisotopic (exact) mass is 349 g/mol. The lowest BCUT2D eigenvalue weighted by molar-refractivity contribution is -0.385. The first-order valence-corrected chi connectivity index (χ1v) is 6.33. The fourth-order valence-electron chi connectivity index (χ4n) is 1.89. The molecule has 1 aliphatic rings. The summed E-state index contributed by atoms with van der Waals surface area (Å²) in [5.41, 5.74) is -0.0945. The molecule has 1 aromatic rings. The molecular weight excluding hydrogens is 337 g/mol. The SMILES string of the molecule is Cl.O=C(NC1CCNC1)c1ccc(Br)cc1[N+](=O)[O-]. The minimum atomic E-state index is -0.549. The van der Waals surface area contributed by atoms with Crippen molar-refractivity contribution in [3.8, 4) is 0 Å². The lowest BCUT2D eigenvalue weighted by atomic mass is 10.1. The zero-order valence-electron chi connectivity index (χ0n) is 9.89. The predicted molar refractivity (Wildman–Crippen MR) is 76.8 cm³/mol. The number of carbonyl (C=O) groups is 1. The van der Waals surface area contributed by atoms with Crippen molar-refractivity contribution in [3.63, 3.8) is 0 Å². The van der Waals surface area contributed by atoms with Gasteiger partial charge in [-0.05, 0) is 25.1 Å². The zero-order valence-corrected chi connectivity index (χ0v) is 12.3. The largest absolute Gasteiger partial charge is 0.348 e. The lowest BCUT2D eigenvalue weighted by Crippen LogP contribution is -2.36. The quantitative estimate of drug-likeness (QED) is 0.644. The number of hydrogen-bond acceptors (Lipinski definition) is 4. The molecule has 0 aromatic heterocycles. The first-order chi connectivity index (χ1) is 8.58. The van der Waals surface area contributed by atoms with Crippen molar-refractivity contribution in [2.45, 2.75) is 12.5 Å². The van der Waals surface area contributed by atoms with Gasteiger partial charge < -0.3 is 10.6 Å². The maximum absolute atomic E-state index is 12.0. The van der Waals surface area contributed by atoms with Crippen LogP contribution in [0.25, 0.3) is 0 Å². The number of hydrogen-bond donors (Lipinski definition) is 2. The van der Waals surface area contributed by atoms with Gasteiger partial charge in [0.05, 0.1) is 4.92 Å². The average molecular weight is 351 g/mol. The Balaban J connectivity index is 0.00000180. The van der Waals surface area contributed by atoms with Crippen LogP contribution in [0, 0.1) is 10.1 Å². The number of nitro groups is 1. The maximum atomic E-state index is 12.0. The summed E-state index contributed by atoms with van der Waals surface area (Å²) in [5.74, 6) is -0.400. The summed E-state index contributed by atoms with van der Waals surface area (Å²) in [6.45, 7) is 1.56. The molecule has 1 fully saturated rings. The summed E-state index contributed by atoms with van der Waals surface area (Å²) in [6.07, 6.45) is 0.843. The van der Waals surface area contributed by atoms with Gasteiger partial charge in [-0.3, -0.25) is 14.9 Å². The van der Waals surface area contributed by atoms with Crippen molar-refractivity contribution in [2.24, 2.45) is 0 Å². The Morgan fingerprint density at radius 2 is 2.26 bits per heavy atom. The fraction of sp³-hybridized carbons (Fsp3) is 0.364. The molecule has 0 bridgehead atoms. The molecule has 19 heavy (non-hydrogen) atoms. The van der Waals surface area contributed by atoms with E-state index in [2.05, 4.69) is 26.6 Å². The van der Waals surface area contributed by atoms with Crippen LogP contribution in [0.15, 0.2) is 22.7 Å². The molecule has 2 rings (SSSR count). The van der Waals surface area contributed by atoms with Crippen molar-refractivity contribution in [1.29, 1.82) is 0 Å². The average Bonchev–Trinajstić information content (AvgIpc) is 2.81. The van der Waals surface area contributed by atoms with Gasteiger partial charge >= 0.3 is 0 Å². The number of nitrogens with one attached hydrogen (secondary N) is 2. The highest BCUT2D eigenvalue weighted by molar-refractivity contribution is 9.10. The van der Waals surface area contributed by atoms with E-state index in [0.717, 1.165) is 13.0 Å². The van der Waals surface area contributed by atoms with Crippen LogP contribution in [0.4, 0.5) is 5.69 Å². The van der Waals surface area contributed by atoms with Crippen molar-refractivity contribution in [3.05, 3.63) is 38.3 Å². The van der Waals surface area contributed by atoms with Crippen LogP contribution >= 0.6 is 28.3 Å². The first kappa shape index (κ1) is 15.9. The third-order valence-electron chi connectivity index (χ3n) is 2.80. The second-order valence-electron chi connectivity index (χ2n) is 4.08. The standard InChI is InChI=1S/C11H12BrN3O3.ClH/c12-7-1-2-9(10(5-7)15(17)18)11(16)14-8-3-4-13-6-8;/h1-2,5,8,13H,3-4,6H2,(H,14,16);1H. The van der Waals surface area contributed by atoms with Gasteiger partial charge in [-0.2, -0.15) is 0 Å². The molecule has 1 unspecified atom stereocenters. The number of halogens is 2. The molecule has 104 valence electrons. The molecule has 1 atom stereocenters. The van der Waals surface area contributed by atoms with E-state index < -0.39 is 10.8 Å². The van der Waals surface area contributed by atoms with Gasteiger partial charge in [0, 0.05) is 23.1 Å². The molecule has 8 heteroatoms. The third-order valence-corrected chi connectivity index (χ3v) is 3.29. The Kier molecular flexibility index (Phi) is 5.71. The summed E-state index contributed by atoms with van der Waals surface area (Å²) < 4.78 is 0.577. The number of amides is 1. The number of carbonyl (C=O) groups excluding carboxylic acids is 1. The third kappa shape index (κ3) is 3.89. The Hall–Kier alpha value is -1.18. The maximum Gasteiger partial charge on any atom is 0.283 e. The minimum Gasteiger partial charge on any atom is -0.348 e. The van der Waals surface area contributed by atoms with E-state index in [9.17, 15) is 14.9 Å². The van der Waals surface area contributed by atoms with E-state index in [1.54, 1.807) is 6.07 Å². The molecule has 0 saturated carbocycles. The predicted octanol–water partition coefficient (Wildman–Crippen LogP) is 1.87. The van der Waals surface area contributed by atoms with Crippen molar-refractivity contribution >= 4 is 39.9 Å².